The Morgan fingerprint density at radius 2 is 1.83 bits per heavy atom. The van der Waals surface area contributed by atoms with Crippen molar-refractivity contribution in [3.63, 3.8) is 0 Å². The van der Waals surface area contributed by atoms with Gasteiger partial charge in [0.15, 0.2) is 5.82 Å². The molecule has 1 atom stereocenters. The molecule has 29 heavy (non-hydrogen) atoms. The van der Waals surface area contributed by atoms with E-state index in [-0.39, 0.29) is 28.9 Å². The molecule has 1 N–H and O–H groups in total. The van der Waals surface area contributed by atoms with Crippen molar-refractivity contribution in [2.24, 2.45) is 0 Å². The summed E-state index contributed by atoms with van der Waals surface area (Å²) in [7, 11) is 0. The number of benzene rings is 1. The Balaban J connectivity index is 1.82. The summed E-state index contributed by atoms with van der Waals surface area (Å²) < 4.78 is 84.4. The molecule has 4 rings (SSSR count). The van der Waals surface area contributed by atoms with Gasteiger partial charge < -0.3 is 9.80 Å². The number of piperazine rings is 1. The molecule has 1 aromatic rings. The zero-order valence-corrected chi connectivity index (χ0v) is 16.3. The number of nitrogens with zero attached hydrogens (tertiary/aromatic N) is 3. The summed E-state index contributed by atoms with van der Waals surface area (Å²) >= 11 is 0. The summed E-state index contributed by atoms with van der Waals surface area (Å²) in [5.41, 5.74) is -2.55. The molecule has 8 heteroatoms. The molecule has 0 aliphatic carbocycles. The molecule has 3 heterocycles. The van der Waals surface area contributed by atoms with E-state index < -0.39 is 73.3 Å². The number of carbonyl (C=O) groups is 3. The van der Waals surface area contributed by atoms with Crippen molar-refractivity contribution >= 4 is 23.4 Å². The Kier molecular flexibility index (Phi) is 3.00. The first-order valence-electron chi connectivity index (χ1n) is 13.3. The molecule has 0 radical (unpaired) electrons. The first-order valence-corrected chi connectivity index (χ1v) is 9.26. The highest BCUT2D eigenvalue weighted by atomic mass is 19.1. The summed E-state index contributed by atoms with van der Waals surface area (Å²) in [6, 6.07) is 0.987. The lowest BCUT2D eigenvalue weighted by molar-refractivity contribution is -0.136. The van der Waals surface area contributed by atoms with Crippen LogP contribution in [0, 0.1) is 5.82 Å². The monoisotopic (exact) mass is 410 g/mol. The number of rotatable bonds is 2. The Morgan fingerprint density at radius 3 is 2.45 bits per heavy atom. The molecule has 7 nitrogen and oxygen atoms in total. The van der Waals surface area contributed by atoms with Crippen molar-refractivity contribution in [2.45, 2.75) is 51.7 Å². The number of fused-ring (bicyclic) bond motifs is 1. The number of anilines is 1. The fourth-order valence-electron chi connectivity index (χ4n) is 3.48. The second kappa shape index (κ2) is 7.09. The van der Waals surface area contributed by atoms with E-state index in [0.717, 1.165) is 17.0 Å². The minimum atomic E-state index is -3.28. The molecule has 0 spiro atoms. The van der Waals surface area contributed by atoms with E-state index in [1.807, 2.05) is 0 Å². The van der Waals surface area contributed by atoms with Crippen LogP contribution in [0.25, 0.3) is 0 Å². The number of nitrogens with one attached hydrogen (secondary N) is 1. The van der Waals surface area contributed by atoms with Gasteiger partial charge in [-0.2, -0.15) is 0 Å². The van der Waals surface area contributed by atoms with Gasteiger partial charge in [0.2, 0.25) is 11.8 Å². The van der Waals surface area contributed by atoms with Crippen LogP contribution >= 0.6 is 0 Å². The van der Waals surface area contributed by atoms with E-state index in [2.05, 4.69) is 5.32 Å². The van der Waals surface area contributed by atoms with E-state index in [9.17, 15) is 14.4 Å². The van der Waals surface area contributed by atoms with Gasteiger partial charge in [0.05, 0.1) is 17.7 Å². The topological polar surface area (TPSA) is 73.0 Å². The molecule has 0 saturated carbocycles. The van der Waals surface area contributed by atoms with Crippen molar-refractivity contribution in [3.05, 3.63) is 29.1 Å². The molecule has 3 aliphatic heterocycles. The second-order valence-corrected chi connectivity index (χ2v) is 8.11. The molecule has 0 unspecified atom stereocenters. The predicted octanol–water partition coefficient (Wildman–Crippen LogP) is 1.51. The maximum Gasteiger partial charge on any atom is 0.255 e. The van der Waals surface area contributed by atoms with Crippen LogP contribution in [0.3, 0.4) is 0 Å². The SMILES string of the molecule is [2H]C1([2H])N(c2ccc3c(c2F)CN([C@H]2CCC(=O)NC2=O)C3=O)C([2H])([2H])C([2H])([2H])N(C(C)(C)C)C1([2H])[2H]. The minimum absolute atomic E-state index is 0.0209. The summed E-state index contributed by atoms with van der Waals surface area (Å²) in [6.45, 7) is -9.03. The third-order valence-electron chi connectivity index (χ3n) is 5.09. The first-order chi connectivity index (χ1) is 16.7. The molecule has 3 aliphatic rings. The van der Waals surface area contributed by atoms with E-state index in [0.29, 0.717) is 4.90 Å². The third-order valence-corrected chi connectivity index (χ3v) is 5.09. The van der Waals surface area contributed by atoms with Crippen LogP contribution in [0.2, 0.25) is 0 Å². The number of halogens is 1. The van der Waals surface area contributed by atoms with Crippen LogP contribution in [-0.4, -0.2) is 65.1 Å². The van der Waals surface area contributed by atoms with Gasteiger partial charge in [-0.1, -0.05) is 0 Å². The summed E-state index contributed by atoms with van der Waals surface area (Å²) in [5.74, 6) is -3.15. The van der Waals surface area contributed by atoms with Crippen molar-refractivity contribution in [1.29, 1.82) is 0 Å². The fraction of sp³-hybridized carbons (Fsp3) is 0.571. The van der Waals surface area contributed by atoms with Crippen LogP contribution in [-0.2, 0) is 16.1 Å². The van der Waals surface area contributed by atoms with Crippen LogP contribution in [0.5, 0.6) is 0 Å². The quantitative estimate of drug-likeness (QED) is 0.749. The van der Waals surface area contributed by atoms with E-state index in [4.69, 9.17) is 11.0 Å². The van der Waals surface area contributed by atoms with Crippen molar-refractivity contribution in [3.8, 4) is 0 Å². The highest BCUT2D eigenvalue weighted by molar-refractivity contribution is 6.05. The van der Waals surface area contributed by atoms with E-state index in [1.54, 1.807) is 0 Å². The second-order valence-electron chi connectivity index (χ2n) is 8.11. The van der Waals surface area contributed by atoms with E-state index in [1.165, 1.54) is 20.8 Å². The fourth-order valence-corrected chi connectivity index (χ4v) is 3.48. The molecule has 2 fully saturated rings. The number of amides is 3. The summed E-state index contributed by atoms with van der Waals surface area (Å²) in [4.78, 5) is 38.4. The molecule has 0 aromatic heterocycles. The van der Waals surface area contributed by atoms with Gasteiger partial charge in [-0.05, 0) is 39.3 Å². The molecular formula is C21H27FN4O3. The molecule has 0 bridgehead atoms. The van der Waals surface area contributed by atoms with Crippen molar-refractivity contribution < 1.29 is 29.7 Å². The Labute approximate surface area is 181 Å². The third kappa shape index (κ3) is 3.50. The highest BCUT2D eigenvalue weighted by Crippen LogP contribution is 2.34. The maximum atomic E-state index is 16.0. The highest BCUT2D eigenvalue weighted by Gasteiger charge is 2.41. The molecular weight excluding hydrogens is 375 g/mol. The normalized spacial score (nSPS) is 34.5. The zero-order valence-electron chi connectivity index (χ0n) is 24.3. The smallest absolute Gasteiger partial charge is 0.255 e. The van der Waals surface area contributed by atoms with Gasteiger partial charge in [-0.15, -0.1) is 0 Å². The number of carbonyl (C=O) groups excluding carboxylic acids is 3. The van der Waals surface area contributed by atoms with Crippen molar-refractivity contribution in [1.82, 2.24) is 15.1 Å². The first kappa shape index (κ1) is 12.3. The molecule has 1 aromatic carbocycles. The average Bonchev–Trinajstić information content (AvgIpc) is 3.04. The number of imide groups is 1. The van der Waals surface area contributed by atoms with Crippen LogP contribution < -0.4 is 10.2 Å². The lowest BCUT2D eigenvalue weighted by Gasteiger charge is -2.43. The predicted molar refractivity (Wildman–Crippen MR) is 106 cm³/mol. The lowest BCUT2D eigenvalue weighted by Crippen LogP contribution is -2.53. The van der Waals surface area contributed by atoms with Gasteiger partial charge >= 0.3 is 0 Å². The van der Waals surface area contributed by atoms with Gasteiger partial charge in [-0.25, -0.2) is 4.39 Å². The number of hydrogen-bond acceptors (Lipinski definition) is 5. The Bertz CT molecular complexity index is 1170. The standard InChI is InChI=1S/C21H27FN4O3/c1-21(2,3)25-10-8-24(9-11-25)15-5-4-13-14(18(15)22)12-26(20(13)29)16-6-7-17(27)23-19(16)28/h4-5,16H,6-12H2,1-3H3,(H,23,27,28)/t16-/m0/s1/i8D2,9D2,10D2,11D2. The largest absolute Gasteiger partial charge is 0.367 e. The van der Waals surface area contributed by atoms with Crippen molar-refractivity contribution in [2.75, 3.05) is 30.9 Å². The average molecular weight is 411 g/mol. The zero-order chi connectivity index (χ0) is 28.1. The van der Waals surface area contributed by atoms with Crippen LogP contribution in [0.4, 0.5) is 10.1 Å². The summed E-state index contributed by atoms with van der Waals surface area (Å²) in [6.07, 6.45) is 0.00600. The Morgan fingerprint density at radius 1 is 1.14 bits per heavy atom. The molecule has 2 saturated heterocycles. The molecule has 156 valence electrons. The number of piperidine rings is 1. The van der Waals surface area contributed by atoms with E-state index >= 15 is 4.39 Å². The summed E-state index contributed by atoms with van der Waals surface area (Å²) in [5, 5.41) is 2.13. The Hall–Kier alpha value is -2.48. The van der Waals surface area contributed by atoms with Gasteiger partial charge in [-0.3, -0.25) is 24.6 Å². The van der Waals surface area contributed by atoms with Crippen LogP contribution in [0.1, 0.15) is 60.5 Å². The lowest BCUT2D eigenvalue weighted by atomic mass is 10.0. The van der Waals surface area contributed by atoms with Gasteiger partial charge in [0.1, 0.15) is 6.04 Å². The van der Waals surface area contributed by atoms with Gasteiger partial charge in [0, 0.05) is 54.6 Å². The maximum absolute atomic E-state index is 16.0. The molecule has 3 amide bonds. The van der Waals surface area contributed by atoms with Gasteiger partial charge in [0.25, 0.3) is 5.91 Å². The minimum Gasteiger partial charge on any atom is -0.367 e. The van der Waals surface area contributed by atoms with Crippen LogP contribution in [0.15, 0.2) is 12.1 Å². The number of hydrogen-bond donors (Lipinski definition) is 1.